The summed E-state index contributed by atoms with van der Waals surface area (Å²) in [4.78, 5) is 23.6. The first-order valence-corrected chi connectivity index (χ1v) is 9.10. The van der Waals surface area contributed by atoms with Crippen molar-refractivity contribution >= 4 is 23.3 Å². The molecule has 0 bridgehead atoms. The molecular formula is C22H16F4N2O4. The van der Waals surface area contributed by atoms with Gasteiger partial charge in [-0.1, -0.05) is 30.3 Å². The van der Waals surface area contributed by atoms with Crippen LogP contribution in [0.2, 0.25) is 0 Å². The van der Waals surface area contributed by atoms with Crippen LogP contribution in [0.1, 0.15) is 21.5 Å². The zero-order chi connectivity index (χ0) is 23.5. The van der Waals surface area contributed by atoms with Gasteiger partial charge < -0.3 is 20.9 Å². The lowest BCUT2D eigenvalue weighted by atomic mass is 10.1. The van der Waals surface area contributed by atoms with Crippen molar-refractivity contribution in [2.45, 2.75) is 12.6 Å². The molecule has 166 valence electrons. The Labute approximate surface area is 179 Å². The third-order valence-corrected chi connectivity index (χ3v) is 4.31. The molecule has 3 rings (SSSR count). The predicted octanol–water partition coefficient (Wildman–Crippen LogP) is 5.10. The van der Waals surface area contributed by atoms with Gasteiger partial charge >= 0.3 is 12.1 Å². The van der Waals surface area contributed by atoms with Gasteiger partial charge in [0.2, 0.25) is 5.91 Å². The van der Waals surface area contributed by atoms with E-state index in [9.17, 15) is 32.3 Å². The highest BCUT2D eigenvalue weighted by Gasteiger charge is 2.30. The van der Waals surface area contributed by atoms with Crippen molar-refractivity contribution in [1.82, 2.24) is 0 Å². The quantitative estimate of drug-likeness (QED) is 0.360. The van der Waals surface area contributed by atoms with Crippen molar-refractivity contribution in [3.05, 3.63) is 83.2 Å². The monoisotopic (exact) mass is 448 g/mol. The van der Waals surface area contributed by atoms with Crippen LogP contribution in [0.15, 0.2) is 60.7 Å². The van der Waals surface area contributed by atoms with E-state index in [2.05, 4.69) is 5.32 Å². The maximum absolute atomic E-state index is 14.4. The molecule has 0 spiro atoms. The molecule has 32 heavy (non-hydrogen) atoms. The lowest BCUT2D eigenvalue weighted by molar-refractivity contribution is -0.137. The minimum atomic E-state index is -4.56. The maximum atomic E-state index is 14.4. The SMILES string of the molecule is Nc1cc(Oc2ccccc2C(=O)O)cc(NC(=O)Cc2cccc(C(F)(F)F)c2)c1F. The van der Waals surface area contributed by atoms with Crippen molar-refractivity contribution in [2.24, 2.45) is 0 Å². The van der Waals surface area contributed by atoms with Crippen LogP contribution in [0, 0.1) is 5.82 Å². The van der Waals surface area contributed by atoms with Gasteiger partial charge in [0.05, 0.1) is 23.4 Å². The van der Waals surface area contributed by atoms with Crippen LogP contribution >= 0.6 is 0 Å². The van der Waals surface area contributed by atoms with Gasteiger partial charge in [0.1, 0.15) is 17.1 Å². The Morgan fingerprint density at radius 2 is 1.75 bits per heavy atom. The van der Waals surface area contributed by atoms with Crippen LogP contribution in [-0.2, 0) is 17.4 Å². The Kier molecular flexibility index (Phi) is 6.33. The molecule has 0 atom stereocenters. The number of alkyl halides is 3. The van der Waals surface area contributed by atoms with Crippen LogP contribution in [0.4, 0.5) is 28.9 Å². The fraction of sp³-hybridized carbons (Fsp3) is 0.0909. The van der Waals surface area contributed by atoms with E-state index < -0.39 is 35.9 Å². The number of hydrogen-bond acceptors (Lipinski definition) is 4. The standard InChI is InChI=1S/C22H16F4N2O4/c23-20-16(27)10-14(32-18-7-2-1-6-15(18)21(30)31)11-17(20)28-19(29)9-12-4-3-5-13(8-12)22(24,25)26/h1-8,10-11H,9,27H2,(H,28,29)(H,30,31). The second-order valence-electron chi connectivity index (χ2n) is 6.70. The summed E-state index contributed by atoms with van der Waals surface area (Å²) in [7, 11) is 0. The third kappa shape index (κ3) is 5.34. The highest BCUT2D eigenvalue weighted by atomic mass is 19.4. The second kappa shape index (κ2) is 8.96. The first-order valence-electron chi connectivity index (χ1n) is 9.10. The molecular weight excluding hydrogens is 432 g/mol. The number of carbonyl (C=O) groups is 2. The number of amides is 1. The fourth-order valence-electron chi connectivity index (χ4n) is 2.87. The first kappa shape index (κ1) is 22.6. The van der Waals surface area contributed by atoms with E-state index in [0.717, 1.165) is 24.3 Å². The minimum Gasteiger partial charge on any atom is -0.478 e. The van der Waals surface area contributed by atoms with E-state index in [1.54, 1.807) is 0 Å². The van der Waals surface area contributed by atoms with Crippen molar-refractivity contribution < 1.29 is 37.0 Å². The Hall–Kier alpha value is -4.08. The highest BCUT2D eigenvalue weighted by Crippen LogP contribution is 2.33. The lowest BCUT2D eigenvalue weighted by Crippen LogP contribution is -2.16. The topological polar surface area (TPSA) is 102 Å². The number of nitrogen functional groups attached to an aromatic ring is 1. The average Bonchev–Trinajstić information content (AvgIpc) is 2.71. The van der Waals surface area contributed by atoms with Gasteiger partial charge in [-0.2, -0.15) is 13.2 Å². The van der Waals surface area contributed by atoms with E-state index in [0.29, 0.717) is 0 Å². The van der Waals surface area contributed by atoms with Gasteiger partial charge in [-0.15, -0.1) is 0 Å². The van der Waals surface area contributed by atoms with Crippen molar-refractivity contribution in [1.29, 1.82) is 0 Å². The summed E-state index contributed by atoms with van der Waals surface area (Å²) in [6.45, 7) is 0. The number of nitrogens with one attached hydrogen (secondary N) is 1. The molecule has 3 aromatic carbocycles. The number of hydrogen-bond donors (Lipinski definition) is 3. The number of aromatic carboxylic acids is 1. The van der Waals surface area contributed by atoms with E-state index in [-0.39, 0.29) is 34.0 Å². The Morgan fingerprint density at radius 3 is 2.44 bits per heavy atom. The van der Waals surface area contributed by atoms with Crippen molar-refractivity contribution in [3.8, 4) is 11.5 Å². The van der Waals surface area contributed by atoms with Gasteiger partial charge in [0, 0.05) is 12.1 Å². The number of benzene rings is 3. The Balaban J connectivity index is 1.81. The molecule has 10 heteroatoms. The van der Waals surface area contributed by atoms with Gasteiger partial charge in [0.15, 0.2) is 5.82 Å². The van der Waals surface area contributed by atoms with Gasteiger partial charge in [-0.25, -0.2) is 9.18 Å². The molecule has 6 nitrogen and oxygen atoms in total. The number of halogens is 4. The van der Waals surface area contributed by atoms with Gasteiger partial charge in [-0.3, -0.25) is 4.79 Å². The van der Waals surface area contributed by atoms with E-state index >= 15 is 0 Å². The number of carbonyl (C=O) groups excluding carboxylic acids is 1. The van der Waals surface area contributed by atoms with E-state index in [1.165, 1.54) is 36.4 Å². The molecule has 0 saturated carbocycles. The minimum absolute atomic E-state index is 0.0350. The molecule has 0 aromatic heterocycles. The van der Waals surface area contributed by atoms with Crippen LogP contribution in [0.5, 0.6) is 11.5 Å². The number of nitrogens with two attached hydrogens (primary N) is 1. The molecule has 0 saturated heterocycles. The molecule has 0 heterocycles. The Morgan fingerprint density at radius 1 is 1.03 bits per heavy atom. The molecule has 0 aliphatic rings. The second-order valence-corrected chi connectivity index (χ2v) is 6.70. The number of anilines is 2. The number of ether oxygens (including phenoxy) is 1. The summed E-state index contributed by atoms with van der Waals surface area (Å²) in [5.74, 6) is -3.09. The number of carboxylic acids is 1. The zero-order valence-corrected chi connectivity index (χ0v) is 16.2. The van der Waals surface area contributed by atoms with Crippen LogP contribution in [0.25, 0.3) is 0 Å². The van der Waals surface area contributed by atoms with Crippen LogP contribution in [0.3, 0.4) is 0 Å². The average molecular weight is 448 g/mol. The molecule has 0 unspecified atom stereocenters. The van der Waals surface area contributed by atoms with Gasteiger partial charge in [-0.05, 0) is 23.8 Å². The van der Waals surface area contributed by atoms with E-state index in [1.807, 2.05) is 0 Å². The maximum Gasteiger partial charge on any atom is 0.416 e. The molecule has 0 fully saturated rings. The fourth-order valence-corrected chi connectivity index (χ4v) is 2.87. The summed E-state index contributed by atoms with van der Waals surface area (Å²) in [5, 5.41) is 11.5. The molecule has 0 radical (unpaired) electrons. The molecule has 3 aromatic rings. The largest absolute Gasteiger partial charge is 0.478 e. The number of rotatable bonds is 6. The van der Waals surface area contributed by atoms with Crippen LogP contribution in [-0.4, -0.2) is 17.0 Å². The number of para-hydroxylation sites is 1. The number of carboxylic acid groups (broad SMARTS) is 1. The lowest BCUT2D eigenvalue weighted by Gasteiger charge is -2.13. The molecule has 1 amide bonds. The van der Waals surface area contributed by atoms with Crippen molar-refractivity contribution in [3.63, 3.8) is 0 Å². The molecule has 0 aliphatic heterocycles. The summed E-state index contributed by atoms with van der Waals surface area (Å²) < 4.78 is 58.4. The summed E-state index contributed by atoms with van der Waals surface area (Å²) in [6.07, 6.45) is -5.01. The molecule has 0 aliphatic carbocycles. The van der Waals surface area contributed by atoms with Crippen LogP contribution < -0.4 is 15.8 Å². The first-order chi connectivity index (χ1) is 15.0. The van der Waals surface area contributed by atoms with Gasteiger partial charge in [0.25, 0.3) is 0 Å². The smallest absolute Gasteiger partial charge is 0.416 e. The highest BCUT2D eigenvalue weighted by molar-refractivity contribution is 5.93. The summed E-state index contributed by atoms with van der Waals surface area (Å²) >= 11 is 0. The third-order valence-electron chi connectivity index (χ3n) is 4.31. The van der Waals surface area contributed by atoms with E-state index in [4.69, 9.17) is 10.5 Å². The Bertz CT molecular complexity index is 1180. The predicted molar refractivity (Wildman–Crippen MR) is 108 cm³/mol. The normalized spacial score (nSPS) is 11.1. The molecule has 4 N–H and O–H groups in total. The zero-order valence-electron chi connectivity index (χ0n) is 16.2. The van der Waals surface area contributed by atoms with Crippen molar-refractivity contribution in [2.75, 3.05) is 11.1 Å². The summed E-state index contributed by atoms with van der Waals surface area (Å²) in [5.41, 5.74) is 3.88. The summed E-state index contributed by atoms with van der Waals surface area (Å²) in [6, 6.07) is 12.1.